The molecule has 4 nitrogen and oxygen atoms in total. The van der Waals surface area contributed by atoms with Crippen LogP contribution in [-0.2, 0) is 5.75 Å². The van der Waals surface area contributed by atoms with E-state index >= 15 is 0 Å². The minimum atomic E-state index is 0.393. The lowest BCUT2D eigenvalue weighted by molar-refractivity contribution is 0.342. The van der Waals surface area contributed by atoms with E-state index in [4.69, 9.17) is 4.52 Å². The molecule has 1 fully saturated rings. The lowest BCUT2D eigenvalue weighted by Gasteiger charge is -2.08. The standard InChI is InChI=1S/C12H21N3OS/c1-4-8(2)17-7-11-14-12(16-15-11)10-5-6-13-9(10)3/h8-10,13H,4-7H2,1-3H3. The third-order valence-corrected chi connectivity index (χ3v) is 4.73. The predicted molar refractivity (Wildman–Crippen MR) is 70.2 cm³/mol. The summed E-state index contributed by atoms with van der Waals surface area (Å²) in [7, 11) is 0. The van der Waals surface area contributed by atoms with Crippen molar-refractivity contribution in [2.75, 3.05) is 6.54 Å². The predicted octanol–water partition coefficient (Wildman–Crippen LogP) is 2.57. The Bertz CT molecular complexity index is 355. The lowest BCUT2D eigenvalue weighted by atomic mass is 10.0. The van der Waals surface area contributed by atoms with E-state index in [0.717, 1.165) is 30.4 Å². The molecule has 0 spiro atoms. The van der Waals surface area contributed by atoms with Crippen LogP contribution in [0.15, 0.2) is 4.52 Å². The van der Waals surface area contributed by atoms with E-state index in [1.54, 1.807) is 0 Å². The van der Waals surface area contributed by atoms with Gasteiger partial charge in [-0.1, -0.05) is 19.0 Å². The van der Waals surface area contributed by atoms with Crippen LogP contribution >= 0.6 is 11.8 Å². The molecule has 1 aliphatic rings. The first-order valence-electron chi connectivity index (χ1n) is 6.38. The highest BCUT2D eigenvalue weighted by Gasteiger charge is 2.29. The molecule has 17 heavy (non-hydrogen) atoms. The smallest absolute Gasteiger partial charge is 0.231 e. The zero-order valence-corrected chi connectivity index (χ0v) is 11.6. The zero-order chi connectivity index (χ0) is 12.3. The zero-order valence-electron chi connectivity index (χ0n) is 10.8. The Morgan fingerprint density at radius 2 is 2.41 bits per heavy atom. The molecule has 1 N–H and O–H groups in total. The topological polar surface area (TPSA) is 51.0 Å². The summed E-state index contributed by atoms with van der Waals surface area (Å²) in [6, 6.07) is 0.450. The highest BCUT2D eigenvalue weighted by molar-refractivity contribution is 7.99. The Morgan fingerprint density at radius 1 is 1.59 bits per heavy atom. The molecule has 0 radical (unpaired) electrons. The van der Waals surface area contributed by atoms with Crippen molar-refractivity contribution in [2.45, 2.75) is 56.6 Å². The summed E-state index contributed by atoms with van der Waals surface area (Å²) in [5.41, 5.74) is 0. The molecule has 2 rings (SSSR count). The van der Waals surface area contributed by atoms with Crippen molar-refractivity contribution in [3.8, 4) is 0 Å². The number of nitrogens with zero attached hydrogens (tertiary/aromatic N) is 2. The fraction of sp³-hybridized carbons (Fsp3) is 0.833. The van der Waals surface area contributed by atoms with Gasteiger partial charge in [-0.15, -0.1) is 0 Å². The first-order valence-corrected chi connectivity index (χ1v) is 7.43. The summed E-state index contributed by atoms with van der Waals surface area (Å²) >= 11 is 1.89. The average Bonchev–Trinajstić information content (AvgIpc) is 2.94. The number of aromatic nitrogens is 2. The van der Waals surface area contributed by atoms with Crippen LogP contribution in [0, 0.1) is 0 Å². The van der Waals surface area contributed by atoms with Crippen LogP contribution in [0.4, 0.5) is 0 Å². The van der Waals surface area contributed by atoms with E-state index in [2.05, 4.69) is 36.2 Å². The minimum absolute atomic E-state index is 0.393. The van der Waals surface area contributed by atoms with E-state index in [-0.39, 0.29) is 0 Å². The molecule has 0 saturated carbocycles. The van der Waals surface area contributed by atoms with Crippen molar-refractivity contribution in [2.24, 2.45) is 0 Å². The Balaban J connectivity index is 1.91. The molecule has 3 atom stereocenters. The van der Waals surface area contributed by atoms with Gasteiger partial charge in [-0.3, -0.25) is 0 Å². The molecular formula is C12H21N3OS. The van der Waals surface area contributed by atoms with Crippen molar-refractivity contribution >= 4 is 11.8 Å². The van der Waals surface area contributed by atoms with Gasteiger partial charge in [0.25, 0.3) is 0 Å². The number of thioether (sulfide) groups is 1. The Morgan fingerprint density at radius 3 is 3.06 bits per heavy atom. The number of hydrogen-bond donors (Lipinski definition) is 1. The molecule has 1 aliphatic heterocycles. The highest BCUT2D eigenvalue weighted by atomic mass is 32.2. The van der Waals surface area contributed by atoms with Gasteiger partial charge in [0.15, 0.2) is 5.82 Å². The van der Waals surface area contributed by atoms with Gasteiger partial charge in [-0.25, -0.2) is 0 Å². The van der Waals surface area contributed by atoms with Crippen LogP contribution in [0.2, 0.25) is 0 Å². The van der Waals surface area contributed by atoms with Crippen LogP contribution in [-0.4, -0.2) is 28.0 Å². The van der Waals surface area contributed by atoms with E-state index in [0.29, 0.717) is 17.2 Å². The largest absolute Gasteiger partial charge is 0.339 e. The summed E-state index contributed by atoms with van der Waals surface area (Å²) < 4.78 is 5.37. The molecule has 96 valence electrons. The fourth-order valence-corrected chi connectivity index (χ4v) is 2.79. The van der Waals surface area contributed by atoms with Gasteiger partial charge < -0.3 is 9.84 Å². The van der Waals surface area contributed by atoms with Crippen LogP contribution in [0.25, 0.3) is 0 Å². The monoisotopic (exact) mass is 255 g/mol. The quantitative estimate of drug-likeness (QED) is 0.876. The van der Waals surface area contributed by atoms with Gasteiger partial charge >= 0.3 is 0 Å². The number of hydrogen-bond acceptors (Lipinski definition) is 5. The Labute approximate surface area is 107 Å². The Kier molecular flexibility index (Phi) is 4.45. The van der Waals surface area contributed by atoms with E-state index in [1.807, 2.05) is 11.8 Å². The van der Waals surface area contributed by atoms with Gasteiger partial charge in [0, 0.05) is 11.3 Å². The molecule has 0 bridgehead atoms. The van der Waals surface area contributed by atoms with E-state index in [1.165, 1.54) is 6.42 Å². The molecule has 1 aromatic rings. The third-order valence-electron chi connectivity index (χ3n) is 3.40. The molecule has 1 saturated heterocycles. The second-order valence-electron chi connectivity index (χ2n) is 4.72. The van der Waals surface area contributed by atoms with Crippen LogP contribution in [0.5, 0.6) is 0 Å². The maximum absolute atomic E-state index is 5.37. The molecule has 3 unspecified atom stereocenters. The Hall–Kier alpha value is -0.550. The second-order valence-corrected chi connectivity index (χ2v) is 6.14. The maximum atomic E-state index is 5.37. The SMILES string of the molecule is CCC(C)SCc1noc(C2CCNC2C)n1. The molecular weight excluding hydrogens is 234 g/mol. The van der Waals surface area contributed by atoms with Gasteiger partial charge in [0.1, 0.15) is 0 Å². The van der Waals surface area contributed by atoms with Gasteiger partial charge in [0.2, 0.25) is 5.89 Å². The van der Waals surface area contributed by atoms with Crippen LogP contribution < -0.4 is 5.32 Å². The molecule has 1 aromatic heterocycles. The summed E-state index contributed by atoms with van der Waals surface area (Å²) in [5.74, 6) is 2.89. The molecule has 0 amide bonds. The number of nitrogens with one attached hydrogen (secondary N) is 1. The van der Waals surface area contributed by atoms with Crippen molar-refractivity contribution < 1.29 is 4.52 Å². The van der Waals surface area contributed by atoms with Crippen LogP contribution in [0.1, 0.15) is 51.2 Å². The summed E-state index contributed by atoms with van der Waals surface area (Å²) in [6.07, 6.45) is 2.28. The van der Waals surface area contributed by atoms with Crippen molar-refractivity contribution in [1.82, 2.24) is 15.5 Å². The summed E-state index contributed by atoms with van der Waals surface area (Å²) in [6.45, 7) is 7.65. The molecule has 0 aromatic carbocycles. The fourth-order valence-electron chi connectivity index (χ4n) is 2.01. The first-order chi connectivity index (χ1) is 8.20. The van der Waals surface area contributed by atoms with E-state index < -0.39 is 0 Å². The van der Waals surface area contributed by atoms with E-state index in [9.17, 15) is 0 Å². The van der Waals surface area contributed by atoms with Gasteiger partial charge in [-0.05, 0) is 26.3 Å². The normalized spacial score (nSPS) is 26.3. The molecule has 5 heteroatoms. The van der Waals surface area contributed by atoms with Crippen molar-refractivity contribution in [3.05, 3.63) is 11.7 Å². The lowest BCUT2D eigenvalue weighted by Crippen LogP contribution is -2.21. The van der Waals surface area contributed by atoms with Crippen molar-refractivity contribution in [3.63, 3.8) is 0 Å². The third kappa shape index (κ3) is 3.22. The molecule has 2 heterocycles. The second kappa shape index (κ2) is 5.87. The minimum Gasteiger partial charge on any atom is -0.339 e. The van der Waals surface area contributed by atoms with Crippen LogP contribution in [0.3, 0.4) is 0 Å². The average molecular weight is 255 g/mol. The number of rotatable bonds is 5. The summed E-state index contributed by atoms with van der Waals surface area (Å²) in [5, 5.41) is 8.13. The maximum Gasteiger partial charge on any atom is 0.231 e. The first kappa shape index (κ1) is 12.9. The molecule has 0 aliphatic carbocycles. The highest BCUT2D eigenvalue weighted by Crippen LogP contribution is 2.27. The van der Waals surface area contributed by atoms with Gasteiger partial charge in [0.05, 0.1) is 11.7 Å². The van der Waals surface area contributed by atoms with Crippen molar-refractivity contribution in [1.29, 1.82) is 0 Å². The summed E-state index contributed by atoms with van der Waals surface area (Å²) in [4.78, 5) is 4.51. The van der Waals surface area contributed by atoms with Gasteiger partial charge in [-0.2, -0.15) is 16.7 Å².